The fraction of sp³-hybridized carbons (Fsp3) is 0.562. The van der Waals surface area contributed by atoms with Crippen LogP contribution in [0.4, 0.5) is 5.69 Å². The Morgan fingerprint density at radius 1 is 1.27 bits per heavy atom. The minimum absolute atomic E-state index is 0.106. The molecule has 1 N–H and O–H groups in total. The van der Waals surface area contributed by atoms with Gasteiger partial charge in [-0.05, 0) is 25.1 Å². The van der Waals surface area contributed by atoms with Gasteiger partial charge in [-0.25, -0.2) is 0 Å². The van der Waals surface area contributed by atoms with Crippen LogP contribution in [-0.4, -0.2) is 41.4 Å². The lowest BCUT2D eigenvalue weighted by Crippen LogP contribution is -2.46. The average molecular weight is 307 g/mol. The number of nitro groups is 1. The van der Waals surface area contributed by atoms with Gasteiger partial charge >= 0.3 is 0 Å². The normalized spacial score (nSPS) is 12.5. The maximum Gasteiger partial charge on any atom is 0.282 e. The summed E-state index contributed by atoms with van der Waals surface area (Å²) in [6.07, 6.45) is 0. The third-order valence-electron chi connectivity index (χ3n) is 3.87. The topological polar surface area (TPSA) is 75.5 Å². The van der Waals surface area contributed by atoms with Crippen molar-refractivity contribution in [2.75, 3.05) is 19.6 Å². The van der Waals surface area contributed by atoms with Gasteiger partial charge in [0, 0.05) is 18.7 Å². The molecule has 0 bridgehead atoms. The maximum absolute atomic E-state index is 12.3. The summed E-state index contributed by atoms with van der Waals surface area (Å²) in [6, 6.07) is 6.23. The predicted molar refractivity (Wildman–Crippen MR) is 87.0 cm³/mol. The molecule has 122 valence electrons. The third-order valence-corrected chi connectivity index (χ3v) is 3.87. The average Bonchev–Trinajstić information content (AvgIpc) is 2.50. The van der Waals surface area contributed by atoms with Crippen molar-refractivity contribution in [3.05, 3.63) is 39.9 Å². The maximum atomic E-state index is 12.3. The number of carbonyl (C=O) groups excluding carboxylic acids is 1. The molecule has 1 aromatic carbocycles. The molecule has 1 atom stereocenters. The van der Waals surface area contributed by atoms with Gasteiger partial charge in [0.05, 0.1) is 4.92 Å². The highest BCUT2D eigenvalue weighted by molar-refractivity contribution is 5.98. The van der Waals surface area contributed by atoms with Crippen molar-refractivity contribution in [1.29, 1.82) is 0 Å². The first kappa shape index (κ1) is 18.1. The fourth-order valence-electron chi connectivity index (χ4n) is 2.60. The fourth-order valence-corrected chi connectivity index (χ4v) is 2.60. The van der Waals surface area contributed by atoms with Gasteiger partial charge < -0.3 is 5.32 Å². The zero-order valence-electron chi connectivity index (χ0n) is 13.7. The van der Waals surface area contributed by atoms with E-state index < -0.39 is 10.8 Å². The molecule has 1 unspecified atom stereocenters. The van der Waals surface area contributed by atoms with Crippen molar-refractivity contribution in [3.63, 3.8) is 0 Å². The first-order valence-corrected chi connectivity index (χ1v) is 7.67. The number of nitro benzene ring substituents is 1. The Hall–Kier alpha value is -1.95. The van der Waals surface area contributed by atoms with E-state index in [0.717, 1.165) is 13.1 Å². The monoisotopic (exact) mass is 307 g/mol. The van der Waals surface area contributed by atoms with E-state index in [1.54, 1.807) is 12.1 Å². The zero-order chi connectivity index (χ0) is 16.7. The second-order valence-electron chi connectivity index (χ2n) is 5.52. The molecule has 1 aromatic rings. The Morgan fingerprint density at radius 3 is 2.36 bits per heavy atom. The van der Waals surface area contributed by atoms with Crippen LogP contribution in [0.3, 0.4) is 0 Å². The molecule has 0 aliphatic heterocycles. The summed E-state index contributed by atoms with van der Waals surface area (Å²) < 4.78 is 0. The zero-order valence-corrected chi connectivity index (χ0v) is 13.7. The number of amides is 1. The Kier molecular flexibility index (Phi) is 6.98. The lowest BCUT2D eigenvalue weighted by Gasteiger charge is -2.32. The number of nitrogens with one attached hydrogen (secondary N) is 1. The van der Waals surface area contributed by atoms with Crippen LogP contribution >= 0.6 is 0 Å². The van der Waals surface area contributed by atoms with Crippen molar-refractivity contribution in [3.8, 4) is 0 Å². The highest BCUT2D eigenvalue weighted by Crippen LogP contribution is 2.17. The molecule has 0 fully saturated rings. The molecular weight excluding hydrogens is 282 g/mol. The molecule has 22 heavy (non-hydrogen) atoms. The van der Waals surface area contributed by atoms with Gasteiger partial charge in [0.2, 0.25) is 0 Å². The minimum atomic E-state index is -0.529. The quantitative estimate of drug-likeness (QED) is 0.592. The standard InChI is InChI=1S/C16H25N3O3/c1-5-18(6-2)15(12(3)4)11-17-16(20)13-9-7-8-10-14(13)19(21)22/h7-10,12,15H,5-6,11H2,1-4H3,(H,17,20). The van der Waals surface area contributed by atoms with Crippen LogP contribution in [0.1, 0.15) is 38.1 Å². The first-order chi connectivity index (χ1) is 10.4. The molecule has 0 saturated carbocycles. The van der Waals surface area contributed by atoms with E-state index in [1.165, 1.54) is 12.1 Å². The van der Waals surface area contributed by atoms with Gasteiger partial charge in [0.1, 0.15) is 5.56 Å². The van der Waals surface area contributed by atoms with Crippen LogP contribution in [0.15, 0.2) is 24.3 Å². The van der Waals surface area contributed by atoms with Gasteiger partial charge in [0.15, 0.2) is 0 Å². The van der Waals surface area contributed by atoms with E-state index in [4.69, 9.17) is 0 Å². The molecule has 1 rings (SSSR count). The molecule has 6 nitrogen and oxygen atoms in total. The van der Waals surface area contributed by atoms with Crippen molar-refractivity contribution in [2.45, 2.75) is 33.7 Å². The van der Waals surface area contributed by atoms with Crippen molar-refractivity contribution >= 4 is 11.6 Å². The Bertz CT molecular complexity index is 513. The van der Waals surface area contributed by atoms with Crippen molar-refractivity contribution < 1.29 is 9.72 Å². The highest BCUT2D eigenvalue weighted by Gasteiger charge is 2.23. The number of rotatable bonds is 8. The van der Waals surface area contributed by atoms with Crippen LogP contribution in [0, 0.1) is 16.0 Å². The summed E-state index contributed by atoms with van der Waals surface area (Å²) in [5.41, 5.74) is -0.0570. The van der Waals surface area contributed by atoms with E-state index in [-0.39, 0.29) is 17.3 Å². The van der Waals surface area contributed by atoms with Crippen molar-refractivity contribution in [1.82, 2.24) is 10.2 Å². The molecule has 0 aliphatic carbocycles. The number of carbonyl (C=O) groups is 1. The third kappa shape index (κ3) is 4.53. The summed E-state index contributed by atoms with van der Waals surface area (Å²) >= 11 is 0. The summed E-state index contributed by atoms with van der Waals surface area (Å²) in [5, 5.41) is 13.8. The van der Waals surface area contributed by atoms with E-state index in [9.17, 15) is 14.9 Å². The van der Waals surface area contributed by atoms with Crippen LogP contribution in [-0.2, 0) is 0 Å². The van der Waals surface area contributed by atoms with Gasteiger partial charge in [-0.3, -0.25) is 19.8 Å². The first-order valence-electron chi connectivity index (χ1n) is 7.67. The smallest absolute Gasteiger partial charge is 0.282 e. The Morgan fingerprint density at radius 2 is 1.86 bits per heavy atom. The number of hydrogen-bond donors (Lipinski definition) is 1. The van der Waals surface area contributed by atoms with Crippen LogP contribution in [0.25, 0.3) is 0 Å². The SMILES string of the molecule is CCN(CC)C(CNC(=O)c1ccccc1[N+](=O)[O-])C(C)C. The number of likely N-dealkylation sites (N-methyl/N-ethyl adjacent to an activating group) is 1. The molecular formula is C16H25N3O3. The molecule has 0 radical (unpaired) electrons. The van der Waals surface area contributed by atoms with Gasteiger partial charge in [-0.1, -0.05) is 39.8 Å². The van der Waals surface area contributed by atoms with Crippen LogP contribution in [0.2, 0.25) is 0 Å². The Labute approximate surface area is 131 Å². The number of para-hydroxylation sites is 1. The number of nitrogens with zero attached hydrogens (tertiary/aromatic N) is 2. The summed E-state index contributed by atoms with van der Waals surface area (Å²) in [5.74, 6) is -0.0175. The van der Waals surface area contributed by atoms with Crippen LogP contribution < -0.4 is 5.32 Å². The summed E-state index contributed by atoms with van der Waals surface area (Å²) in [4.78, 5) is 25.0. The minimum Gasteiger partial charge on any atom is -0.350 e. The Balaban J connectivity index is 2.82. The lowest BCUT2D eigenvalue weighted by molar-refractivity contribution is -0.385. The number of hydrogen-bond acceptors (Lipinski definition) is 4. The van der Waals surface area contributed by atoms with Gasteiger partial charge in [0.25, 0.3) is 11.6 Å². The molecule has 0 saturated heterocycles. The predicted octanol–water partition coefficient (Wildman–Crippen LogP) is 2.69. The summed E-state index contributed by atoms with van der Waals surface area (Å²) in [6.45, 7) is 10.7. The highest BCUT2D eigenvalue weighted by atomic mass is 16.6. The van der Waals surface area contributed by atoms with Gasteiger partial charge in [-0.15, -0.1) is 0 Å². The largest absolute Gasteiger partial charge is 0.350 e. The second kappa shape index (κ2) is 8.48. The molecule has 0 spiro atoms. The molecule has 1 amide bonds. The van der Waals surface area contributed by atoms with E-state index in [0.29, 0.717) is 12.5 Å². The molecule has 0 aromatic heterocycles. The van der Waals surface area contributed by atoms with E-state index in [2.05, 4.69) is 37.9 Å². The number of benzene rings is 1. The molecule has 0 heterocycles. The van der Waals surface area contributed by atoms with Crippen molar-refractivity contribution in [2.24, 2.45) is 5.92 Å². The second-order valence-corrected chi connectivity index (χ2v) is 5.52. The van der Waals surface area contributed by atoms with E-state index >= 15 is 0 Å². The summed E-state index contributed by atoms with van der Waals surface area (Å²) in [7, 11) is 0. The molecule has 6 heteroatoms. The lowest BCUT2D eigenvalue weighted by atomic mass is 10.0. The van der Waals surface area contributed by atoms with Gasteiger partial charge in [-0.2, -0.15) is 0 Å². The van der Waals surface area contributed by atoms with Crippen LogP contribution in [0.5, 0.6) is 0 Å². The molecule has 0 aliphatic rings. The van der Waals surface area contributed by atoms with E-state index in [1.807, 2.05) is 0 Å².